The van der Waals surface area contributed by atoms with E-state index in [0.29, 0.717) is 31.7 Å². The highest BCUT2D eigenvalue weighted by Gasteiger charge is 2.41. The molecule has 7 nitrogen and oxygen atoms in total. The second kappa shape index (κ2) is 9.96. The van der Waals surface area contributed by atoms with Crippen LogP contribution >= 0.6 is 22.6 Å². The Hall–Kier alpha value is -1.95. The summed E-state index contributed by atoms with van der Waals surface area (Å²) in [7, 11) is 0. The highest BCUT2D eigenvalue weighted by Crippen LogP contribution is 2.40. The molecule has 1 fully saturated rings. The fourth-order valence-corrected chi connectivity index (χ4v) is 5.43. The van der Waals surface area contributed by atoms with Crippen molar-refractivity contribution in [2.75, 3.05) is 31.1 Å². The Morgan fingerprint density at radius 3 is 2.65 bits per heavy atom. The summed E-state index contributed by atoms with van der Waals surface area (Å²) in [6, 6.07) is 8.04. The van der Waals surface area contributed by atoms with E-state index in [9.17, 15) is 19.1 Å². The van der Waals surface area contributed by atoms with Crippen molar-refractivity contribution in [3.05, 3.63) is 58.7 Å². The summed E-state index contributed by atoms with van der Waals surface area (Å²) >= 11 is 1.81. The highest BCUT2D eigenvalue weighted by atomic mass is 127. The van der Waals surface area contributed by atoms with Crippen LogP contribution in [0.5, 0.6) is 0 Å². The van der Waals surface area contributed by atoms with Crippen LogP contribution in [-0.4, -0.2) is 63.0 Å². The number of piperazine rings is 1. The van der Waals surface area contributed by atoms with E-state index in [2.05, 4.69) is 5.32 Å². The molecule has 0 aliphatic carbocycles. The van der Waals surface area contributed by atoms with E-state index >= 15 is 0 Å². The largest absolute Gasteiger partial charge is 0.390 e. The number of rotatable bonds is 6. The molecular formula is C25H30FIN4O3. The number of aliphatic hydroxyl groups is 1. The number of anilines is 1. The van der Waals surface area contributed by atoms with Crippen molar-refractivity contribution in [2.45, 2.75) is 51.3 Å². The van der Waals surface area contributed by atoms with Crippen LogP contribution in [0.4, 0.5) is 10.1 Å². The van der Waals surface area contributed by atoms with Gasteiger partial charge in [-0.15, -0.1) is 0 Å². The second-order valence-corrected chi connectivity index (χ2v) is 10.9. The van der Waals surface area contributed by atoms with Gasteiger partial charge in [0.1, 0.15) is 5.82 Å². The van der Waals surface area contributed by atoms with Gasteiger partial charge in [-0.3, -0.25) is 19.5 Å². The lowest BCUT2D eigenvalue weighted by molar-refractivity contribution is -0.122. The van der Waals surface area contributed by atoms with Crippen molar-refractivity contribution in [1.82, 2.24) is 15.2 Å². The zero-order valence-corrected chi connectivity index (χ0v) is 21.8. The number of aliphatic hydroxyl groups excluding tert-OH is 1. The molecule has 3 heterocycles. The van der Waals surface area contributed by atoms with E-state index in [1.165, 1.54) is 12.1 Å². The molecule has 1 aromatic carbocycles. The molecule has 1 amide bonds. The maximum Gasteiger partial charge on any atom is 0.241 e. The van der Waals surface area contributed by atoms with Crippen molar-refractivity contribution in [3.8, 4) is 0 Å². The van der Waals surface area contributed by atoms with E-state index in [4.69, 9.17) is 4.98 Å². The lowest BCUT2D eigenvalue weighted by Crippen LogP contribution is -2.59. The van der Waals surface area contributed by atoms with Crippen LogP contribution in [0.1, 0.15) is 43.3 Å². The minimum atomic E-state index is -0.376. The number of carbonyl (C=O) groups is 2. The van der Waals surface area contributed by atoms with Gasteiger partial charge in [0.25, 0.3) is 0 Å². The third kappa shape index (κ3) is 5.17. The molecule has 2 aliphatic heterocycles. The maximum atomic E-state index is 13.5. The Kier molecular flexibility index (Phi) is 7.37. The summed E-state index contributed by atoms with van der Waals surface area (Å²) in [6.07, 6.45) is 0.472. The molecule has 1 aromatic heterocycles. The summed E-state index contributed by atoms with van der Waals surface area (Å²) in [5, 5.41) is 13.3. The number of nitrogens with zero attached hydrogens (tertiary/aromatic N) is 3. The molecule has 0 bridgehead atoms. The van der Waals surface area contributed by atoms with Gasteiger partial charge in [-0.2, -0.15) is 0 Å². The van der Waals surface area contributed by atoms with Crippen LogP contribution in [0.15, 0.2) is 30.3 Å². The number of benzene rings is 1. The number of pyridine rings is 1. The first-order valence-corrected chi connectivity index (χ1v) is 12.5. The van der Waals surface area contributed by atoms with E-state index in [1.807, 2.05) is 31.7 Å². The van der Waals surface area contributed by atoms with Crippen LogP contribution in [0.2, 0.25) is 0 Å². The van der Waals surface area contributed by atoms with Gasteiger partial charge in [0, 0.05) is 53.7 Å². The Bertz CT molecular complexity index is 1090. The zero-order chi connectivity index (χ0) is 24.6. The molecule has 0 saturated carbocycles. The normalized spacial score (nSPS) is 22.0. The first-order valence-electron chi connectivity index (χ1n) is 11.4. The van der Waals surface area contributed by atoms with Crippen LogP contribution in [0.3, 0.4) is 0 Å². The van der Waals surface area contributed by atoms with Gasteiger partial charge in [-0.1, -0.05) is 26.0 Å². The summed E-state index contributed by atoms with van der Waals surface area (Å²) in [4.78, 5) is 34.2. The van der Waals surface area contributed by atoms with Crippen LogP contribution in [0, 0.1) is 5.82 Å². The van der Waals surface area contributed by atoms with Crippen molar-refractivity contribution in [2.24, 2.45) is 0 Å². The van der Waals surface area contributed by atoms with Gasteiger partial charge in [0.05, 0.1) is 36.3 Å². The quantitative estimate of drug-likeness (QED) is 0.404. The fraction of sp³-hybridized carbons (Fsp3) is 0.480. The molecule has 2 aliphatic rings. The van der Waals surface area contributed by atoms with Crippen molar-refractivity contribution >= 4 is 38.0 Å². The van der Waals surface area contributed by atoms with Gasteiger partial charge in [-0.25, -0.2) is 4.39 Å². The topological polar surface area (TPSA) is 85.8 Å². The van der Waals surface area contributed by atoms with E-state index in [-0.39, 0.29) is 46.2 Å². The fourth-order valence-electron chi connectivity index (χ4n) is 4.82. The van der Waals surface area contributed by atoms with E-state index in [1.54, 1.807) is 39.6 Å². The first-order chi connectivity index (χ1) is 16.1. The summed E-state index contributed by atoms with van der Waals surface area (Å²) < 4.78 is 13.4. The molecular weight excluding hydrogens is 550 g/mol. The first kappa shape index (κ1) is 25.2. The summed E-state index contributed by atoms with van der Waals surface area (Å²) in [5.74, 6) is -0.378. The van der Waals surface area contributed by atoms with Crippen LogP contribution in [0.25, 0.3) is 0 Å². The smallest absolute Gasteiger partial charge is 0.241 e. The molecule has 9 heteroatoms. The Morgan fingerprint density at radius 1 is 1.29 bits per heavy atom. The number of fused-ring (bicyclic) bond motifs is 1. The molecule has 2 aromatic rings. The molecule has 4 rings (SSSR count). The van der Waals surface area contributed by atoms with E-state index < -0.39 is 0 Å². The van der Waals surface area contributed by atoms with Crippen molar-refractivity contribution in [1.29, 1.82) is 0 Å². The number of nitrogens with one attached hydrogen (secondary N) is 1. The lowest BCUT2D eigenvalue weighted by atomic mass is 9.90. The number of aromatic nitrogens is 1. The minimum Gasteiger partial charge on any atom is -0.390 e. The number of amides is 1. The number of carbonyl (C=O) groups excluding carboxylic acids is 2. The predicted molar refractivity (Wildman–Crippen MR) is 137 cm³/mol. The molecule has 1 saturated heterocycles. The highest BCUT2D eigenvalue weighted by molar-refractivity contribution is 14.1. The Labute approximate surface area is 212 Å². The van der Waals surface area contributed by atoms with Gasteiger partial charge >= 0.3 is 0 Å². The third-order valence-electron chi connectivity index (χ3n) is 6.62. The SMILES string of the molecule is C[C@@H]1CN(CC(=O)N2CC(C)(C)c3nc(CO)c(Cc4ccc(F)cc4)cc32)[C@@H](C(=O)I)CN1. The van der Waals surface area contributed by atoms with Crippen molar-refractivity contribution in [3.63, 3.8) is 0 Å². The van der Waals surface area contributed by atoms with Crippen LogP contribution < -0.4 is 10.2 Å². The molecule has 182 valence electrons. The van der Waals surface area contributed by atoms with Crippen molar-refractivity contribution < 1.29 is 19.1 Å². The monoisotopic (exact) mass is 580 g/mol. The predicted octanol–water partition coefficient (Wildman–Crippen LogP) is 2.55. The number of hydrogen-bond acceptors (Lipinski definition) is 6. The van der Waals surface area contributed by atoms with Gasteiger partial charge in [-0.05, 0) is 42.7 Å². The summed E-state index contributed by atoms with van der Waals surface area (Å²) in [5.41, 5.74) is 3.41. The second-order valence-electron chi connectivity index (χ2n) is 9.85. The van der Waals surface area contributed by atoms with Gasteiger partial charge < -0.3 is 15.3 Å². The average molecular weight is 580 g/mol. The van der Waals surface area contributed by atoms with Gasteiger partial charge in [0.15, 0.2) is 0 Å². The number of halogens is 2. The average Bonchev–Trinajstić information content (AvgIpc) is 3.04. The molecule has 0 radical (unpaired) electrons. The lowest BCUT2D eigenvalue weighted by Gasteiger charge is -2.37. The third-order valence-corrected chi connectivity index (χ3v) is 7.34. The zero-order valence-electron chi connectivity index (χ0n) is 19.6. The molecule has 2 N–H and O–H groups in total. The summed E-state index contributed by atoms with van der Waals surface area (Å²) in [6.45, 7) is 7.68. The Morgan fingerprint density at radius 2 is 2.00 bits per heavy atom. The standard InChI is InChI=1S/C25H30FIN4O3/c1-15-11-30(21(10-28-15)24(27)34)12-22(33)31-14-25(2,3)23-20(31)9-17(19(13-32)29-23)8-16-4-6-18(26)7-5-16/h4-7,9,15,21,28,32H,8,10-14H2,1-3H3/t15-,21-/m1/s1. The van der Waals surface area contributed by atoms with Gasteiger partial charge in [0.2, 0.25) is 9.70 Å². The number of hydrogen-bond donors (Lipinski definition) is 2. The van der Waals surface area contributed by atoms with Crippen LogP contribution in [-0.2, 0) is 28.0 Å². The molecule has 2 atom stereocenters. The maximum absolute atomic E-state index is 13.5. The molecule has 34 heavy (non-hydrogen) atoms. The molecule has 0 spiro atoms. The minimum absolute atomic E-state index is 0.0165. The Balaban J connectivity index is 1.64. The molecule has 0 unspecified atom stereocenters. The van der Waals surface area contributed by atoms with E-state index in [0.717, 1.165) is 22.5 Å².